The first-order chi connectivity index (χ1) is 22.9. The minimum Gasteiger partial charge on any atom is -0.361 e. The normalized spacial score (nSPS) is 13.3. The zero-order valence-corrected chi connectivity index (χ0v) is 28.2. The third-order valence-corrected chi connectivity index (χ3v) is 10.2. The molecule has 5 aromatic heterocycles. The molecule has 1 aliphatic heterocycles. The van der Waals surface area contributed by atoms with Crippen molar-refractivity contribution < 1.29 is 4.52 Å². The van der Waals surface area contributed by atoms with Gasteiger partial charge in [0.15, 0.2) is 0 Å². The molecular formula is C34H31ClN6O5S2. The van der Waals surface area contributed by atoms with Crippen molar-refractivity contribution in [1.82, 2.24) is 29.2 Å². The number of nitrogens with zero attached hydrogens (tertiary/aromatic N) is 4. The topological polar surface area (TPSA) is 137 Å². The van der Waals surface area contributed by atoms with Gasteiger partial charge in [-0.25, -0.2) is 9.59 Å². The molecule has 1 fully saturated rings. The molecule has 0 amide bonds. The first-order valence-electron chi connectivity index (χ1n) is 15.1. The van der Waals surface area contributed by atoms with Gasteiger partial charge in [0.05, 0.1) is 23.3 Å². The average molecular weight is 703 g/mol. The van der Waals surface area contributed by atoms with Gasteiger partial charge in [-0.1, -0.05) is 53.7 Å². The second kappa shape index (κ2) is 14.1. The Hall–Kier alpha value is -4.82. The van der Waals surface area contributed by atoms with Gasteiger partial charge in [0.1, 0.15) is 20.9 Å². The van der Waals surface area contributed by atoms with Crippen LogP contribution in [0, 0.1) is 6.92 Å². The number of fused-ring (bicyclic) bond motifs is 2. The van der Waals surface area contributed by atoms with Crippen LogP contribution in [0.1, 0.15) is 30.3 Å². The maximum atomic E-state index is 13.5. The molecule has 14 heteroatoms. The number of piperidine rings is 1. The lowest BCUT2D eigenvalue weighted by molar-refractivity contribution is 0.345. The summed E-state index contributed by atoms with van der Waals surface area (Å²) in [7, 11) is 0. The van der Waals surface area contributed by atoms with Crippen LogP contribution in [-0.4, -0.2) is 36.9 Å². The Bertz CT molecular complexity index is 2430. The zero-order chi connectivity index (χ0) is 32.5. The van der Waals surface area contributed by atoms with Crippen molar-refractivity contribution in [2.24, 2.45) is 0 Å². The fraction of sp³-hybridized carbons (Fsp3) is 0.206. The fourth-order valence-electron chi connectivity index (χ4n) is 5.90. The van der Waals surface area contributed by atoms with Crippen molar-refractivity contribution in [2.45, 2.75) is 32.4 Å². The van der Waals surface area contributed by atoms with Crippen LogP contribution in [0.5, 0.6) is 0 Å². The highest BCUT2D eigenvalue weighted by atomic mass is 35.5. The lowest BCUT2D eigenvalue weighted by Crippen LogP contribution is -2.45. The Morgan fingerprint density at radius 2 is 1.60 bits per heavy atom. The summed E-state index contributed by atoms with van der Waals surface area (Å²) >= 11 is 2.77. The molecule has 8 rings (SSSR count). The Morgan fingerprint density at radius 3 is 2.29 bits per heavy atom. The summed E-state index contributed by atoms with van der Waals surface area (Å²) in [4.78, 5) is 53.7. The summed E-state index contributed by atoms with van der Waals surface area (Å²) in [6.07, 6.45) is 1.53. The number of halogens is 1. The van der Waals surface area contributed by atoms with E-state index in [1.807, 2.05) is 79.7 Å². The van der Waals surface area contributed by atoms with E-state index in [0.29, 0.717) is 31.9 Å². The van der Waals surface area contributed by atoms with Crippen LogP contribution in [0.3, 0.4) is 0 Å². The minimum atomic E-state index is -0.410. The molecule has 1 aliphatic rings. The first-order valence-corrected chi connectivity index (χ1v) is 16.8. The number of benzene rings is 2. The molecule has 246 valence electrons. The van der Waals surface area contributed by atoms with Gasteiger partial charge in [0.2, 0.25) is 0 Å². The van der Waals surface area contributed by atoms with Crippen molar-refractivity contribution in [3.63, 3.8) is 0 Å². The van der Waals surface area contributed by atoms with Crippen LogP contribution >= 0.6 is 35.1 Å². The highest BCUT2D eigenvalue weighted by molar-refractivity contribution is 7.22. The fourth-order valence-corrected chi connectivity index (χ4v) is 7.78. The van der Waals surface area contributed by atoms with Crippen molar-refractivity contribution in [3.05, 3.63) is 137 Å². The number of thiophene rings is 2. The summed E-state index contributed by atoms with van der Waals surface area (Å²) < 4.78 is 11.0. The van der Waals surface area contributed by atoms with Gasteiger partial charge in [-0.05, 0) is 68.1 Å². The van der Waals surface area contributed by atoms with E-state index in [1.165, 1.54) is 31.8 Å². The van der Waals surface area contributed by atoms with Gasteiger partial charge in [-0.2, -0.15) is 0 Å². The second-order valence-electron chi connectivity index (χ2n) is 11.2. The smallest absolute Gasteiger partial charge is 0.333 e. The molecule has 0 aliphatic carbocycles. The van der Waals surface area contributed by atoms with Crippen molar-refractivity contribution >= 4 is 55.5 Å². The Morgan fingerprint density at radius 1 is 0.896 bits per heavy atom. The van der Waals surface area contributed by atoms with Crippen LogP contribution in [0.2, 0.25) is 0 Å². The first kappa shape index (κ1) is 33.1. The molecule has 0 spiro atoms. The predicted octanol–water partition coefficient (Wildman–Crippen LogP) is 5.32. The molecule has 0 saturated carbocycles. The van der Waals surface area contributed by atoms with Crippen LogP contribution in [-0.2, 0) is 6.54 Å². The molecule has 48 heavy (non-hydrogen) atoms. The molecular weight excluding hydrogens is 672 g/mol. The number of H-pyrrole nitrogens is 1. The van der Waals surface area contributed by atoms with Crippen LogP contribution < -0.4 is 27.8 Å². The molecule has 6 heterocycles. The second-order valence-corrected chi connectivity index (χ2v) is 13.2. The molecule has 0 atom stereocenters. The molecule has 2 N–H and O–H groups in total. The van der Waals surface area contributed by atoms with E-state index in [9.17, 15) is 19.2 Å². The van der Waals surface area contributed by atoms with Crippen molar-refractivity contribution in [1.29, 1.82) is 0 Å². The summed E-state index contributed by atoms with van der Waals surface area (Å²) in [5.74, 6) is 0.691. The highest BCUT2D eigenvalue weighted by Crippen LogP contribution is 2.32. The average Bonchev–Trinajstić information content (AvgIpc) is 3.86. The number of hydrogen-bond donors (Lipinski definition) is 2. The minimum absolute atomic E-state index is 0. The lowest BCUT2D eigenvalue weighted by Gasteiger charge is -2.24. The quantitative estimate of drug-likeness (QED) is 0.248. The van der Waals surface area contributed by atoms with E-state index < -0.39 is 5.69 Å². The molecule has 0 unspecified atom stereocenters. The van der Waals surface area contributed by atoms with E-state index in [4.69, 9.17) is 4.52 Å². The Labute approximate surface area is 287 Å². The van der Waals surface area contributed by atoms with Crippen LogP contribution in [0.15, 0.2) is 108 Å². The highest BCUT2D eigenvalue weighted by Gasteiger charge is 2.24. The summed E-state index contributed by atoms with van der Waals surface area (Å²) in [6, 6.07) is 24.6. The van der Waals surface area contributed by atoms with E-state index in [0.717, 1.165) is 42.1 Å². The van der Waals surface area contributed by atoms with Gasteiger partial charge >= 0.3 is 11.4 Å². The molecule has 0 radical (unpaired) electrons. The number of rotatable bonds is 5. The van der Waals surface area contributed by atoms with Gasteiger partial charge in [-0.3, -0.25) is 28.3 Å². The maximum absolute atomic E-state index is 13.5. The number of para-hydroxylation sites is 1. The van der Waals surface area contributed by atoms with E-state index in [-0.39, 0.29) is 41.8 Å². The summed E-state index contributed by atoms with van der Waals surface area (Å²) in [5.41, 5.74) is 2.53. The van der Waals surface area contributed by atoms with Crippen LogP contribution in [0.4, 0.5) is 0 Å². The predicted molar refractivity (Wildman–Crippen MR) is 193 cm³/mol. The monoisotopic (exact) mass is 702 g/mol. The molecule has 2 aromatic carbocycles. The standard InChI is InChI=1S/C22H22N4O3S.C12H8N2O2S.ClH/c1-14-11-16(24-29-14)13-25-18-12-19(15-5-3-2-4-6-15)30-20(18)21(27)26(22(25)28)17-7-9-23-10-8-17;15-11-10-9(6-7-17-10)14(12(16)13-11)8-4-2-1-3-5-8;/h2-6,11-12,17,23H,7-10,13H2,1H3;1-7H,(H,13,15,16);1H. The Kier molecular flexibility index (Phi) is 9.73. The SMILES string of the molecule is Cc1cc(Cn2c(=O)n(C3CCNCC3)c(=O)c3sc(-c4ccccc4)cc32)no1.Cl.O=c1[nH]c(=O)n(-c2ccccc2)c2ccsc12. The van der Waals surface area contributed by atoms with E-state index in [1.54, 1.807) is 16.0 Å². The molecule has 0 bridgehead atoms. The largest absolute Gasteiger partial charge is 0.361 e. The number of aromatic amines is 1. The number of nitrogens with one attached hydrogen (secondary N) is 2. The van der Waals surface area contributed by atoms with Crippen molar-refractivity contribution in [3.8, 4) is 16.1 Å². The van der Waals surface area contributed by atoms with Gasteiger partial charge in [0, 0.05) is 17.0 Å². The number of hydrogen-bond acceptors (Lipinski definition) is 9. The zero-order valence-electron chi connectivity index (χ0n) is 25.8. The third-order valence-electron chi connectivity index (χ3n) is 8.11. The van der Waals surface area contributed by atoms with Gasteiger partial charge < -0.3 is 9.84 Å². The maximum Gasteiger partial charge on any atom is 0.333 e. The van der Waals surface area contributed by atoms with Gasteiger partial charge in [0.25, 0.3) is 11.1 Å². The van der Waals surface area contributed by atoms with Crippen molar-refractivity contribution in [2.75, 3.05) is 13.1 Å². The van der Waals surface area contributed by atoms with E-state index in [2.05, 4.69) is 15.5 Å². The molecule has 1 saturated heterocycles. The van der Waals surface area contributed by atoms with E-state index >= 15 is 0 Å². The number of aryl methyl sites for hydroxylation is 1. The lowest BCUT2D eigenvalue weighted by atomic mass is 10.1. The number of aromatic nitrogens is 5. The Balaban J connectivity index is 0.000000189. The summed E-state index contributed by atoms with van der Waals surface area (Å²) in [6.45, 7) is 3.69. The third kappa shape index (κ3) is 6.37. The molecule has 7 aromatic rings. The summed E-state index contributed by atoms with van der Waals surface area (Å²) in [5, 5.41) is 9.16. The molecule has 11 nitrogen and oxygen atoms in total. The van der Waals surface area contributed by atoms with Gasteiger partial charge in [-0.15, -0.1) is 35.1 Å². The van der Waals surface area contributed by atoms with Crippen LogP contribution in [0.25, 0.3) is 36.6 Å².